The predicted molar refractivity (Wildman–Crippen MR) is 93.4 cm³/mol. The molecule has 3 aromatic rings. The zero-order valence-corrected chi connectivity index (χ0v) is 13.7. The molecule has 1 heterocycles. The maximum absolute atomic E-state index is 4.62. The molecule has 0 aliphatic carbocycles. The third-order valence-corrected chi connectivity index (χ3v) is 3.76. The van der Waals surface area contributed by atoms with E-state index in [4.69, 9.17) is 0 Å². The summed E-state index contributed by atoms with van der Waals surface area (Å²) in [6.45, 7) is 0. The molecule has 1 aliphatic heterocycles. The van der Waals surface area contributed by atoms with Gasteiger partial charge in [0.25, 0.3) is 0 Å². The number of rotatable bonds is 3. The first kappa shape index (κ1) is 16.1. The van der Waals surface area contributed by atoms with E-state index < -0.39 is 0 Å². The molecule has 0 saturated heterocycles. The minimum Gasteiger partial charge on any atom is -1.00 e. The Morgan fingerprint density at radius 1 is 0.625 bits per heavy atom. The molecule has 4 rings (SSSR count). The summed E-state index contributed by atoms with van der Waals surface area (Å²) in [5.41, 5.74) is 3.24. The van der Waals surface area contributed by atoms with Crippen LogP contribution in [0.1, 0.15) is 0 Å². The van der Waals surface area contributed by atoms with Crippen LogP contribution >= 0.6 is 0 Å². The second-order valence-corrected chi connectivity index (χ2v) is 5.27. The van der Waals surface area contributed by atoms with Crippen LogP contribution in [0.25, 0.3) is 0 Å². The van der Waals surface area contributed by atoms with Gasteiger partial charge >= 0.3 is 0 Å². The molecule has 1 atom stereocenters. The highest BCUT2D eigenvalue weighted by Gasteiger charge is 2.33. The number of hydrazone groups is 1. The third-order valence-electron chi connectivity index (χ3n) is 3.76. The zero-order chi connectivity index (χ0) is 15.5. The molecular weight excluding hydrogens is 320 g/mol. The standard InChI is InChI=1S/C19H16N4.ClH/c1-4-10-17(11-5-1)21-16-20-22(18-12-6-2-7-13-18)23(21)19-14-8-3-9-15-19;/h1-16H;1H. The molecule has 0 bridgehead atoms. The van der Waals surface area contributed by atoms with E-state index >= 15 is 0 Å². The molecule has 1 aliphatic rings. The molecule has 0 amide bonds. The fourth-order valence-corrected chi connectivity index (χ4v) is 2.68. The van der Waals surface area contributed by atoms with Crippen molar-refractivity contribution in [1.29, 1.82) is 0 Å². The zero-order valence-electron chi connectivity index (χ0n) is 13.0. The molecule has 24 heavy (non-hydrogen) atoms. The summed E-state index contributed by atoms with van der Waals surface area (Å²) in [6.07, 6.45) is 1.91. The van der Waals surface area contributed by atoms with Gasteiger partial charge in [0.1, 0.15) is 5.69 Å². The second-order valence-electron chi connectivity index (χ2n) is 5.27. The highest BCUT2D eigenvalue weighted by Crippen LogP contribution is 2.22. The summed E-state index contributed by atoms with van der Waals surface area (Å²) in [5, 5.41) is 9.73. The summed E-state index contributed by atoms with van der Waals surface area (Å²) in [5.74, 6) is 0. The van der Waals surface area contributed by atoms with Crippen LogP contribution in [0.4, 0.5) is 17.1 Å². The van der Waals surface area contributed by atoms with E-state index in [0.717, 1.165) is 22.1 Å². The highest BCUT2D eigenvalue weighted by atomic mass is 35.5. The number of quaternary nitrogens is 1. The summed E-state index contributed by atoms with van der Waals surface area (Å²) in [6, 6.07) is 30.8. The topological polar surface area (TPSA) is 23.3 Å². The normalized spacial score (nSPS) is 16.1. The summed E-state index contributed by atoms with van der Waals surface area (Å²) < 4.78 is 0. The van der Waals surface area contributed by atoms with E-state index in [1.54, 1.807) is 0 Å². The van der Waals surface area contributed by atoms with Gasteiger partial charge in [-0.05, 0) is 24.3 Å². The van der Waals surface area contributed by atoms with Crippen molar-refractivity contribution in [3.05, 3.63) is 91.0 Å². The van der Waals surface area contributed by atoms with Gasteiger partial charge < -0.3 is 12.4 Å². The predicted octanol–water partition coefficient (Wildman–Crippen LogP) is 0.00710. The molecule has 0 fully saturated rings. The average Bonchev–Trinajstić information content (AvgIpc) is 3.09. The molecule has 4 nitrogen and oxygen atoms in total. The van der Waals surface area contributed by atoms with Crippen LogP contribution in [-0.4, -0.2) is 6.34 Å². The van der Waals surface area contributed by atoms with Crippen molar-refractivity contribution in [1.82, 2.24) is 0 Å². The molecule has 0 radical (unpaired) electrons. The Kier molecular flexibility index (Phi) is 4.79. The van der Waals surface area contributed by atoms with Crippen molar-refractivity contribution in [3.8, 4) is 0 Å². The SMILES string of the molecule is C1=NN(c2ccccc2)N(c2ccccc2)[NH+]1c1ccccc1.[Cl-]. The van der Waals surface area contributed by atoms with E-state index in [9.17, 15) is 0 Å². The number of hydrogen-bond donors (Lipinski definition) is 1. The number of anilines is 2. The maximum Gasteiger partial charge on any atom is 0.239 e. The molecular formula is C19H17ClN4. The minimum atomic E-state index is 0. The molecule has 5 heteroatoms. The number of nitrogens with zero attached hydrogens (tertiary/aromatic N) is 3. The van der Waals surface area contributed by atoms with Gasteiger partial charge in [-0.3, -0.25) is 0 Å². The number of nitrogens with one attached hydrogen (secondary N) is 1. The molecule has 3 aromatic carbocycles. The largest absolute Gasteiger partial charge is 1.00 e. The Bertz CT molecular complexity index is 744. The lowest BCUT2D eigenvalue weighted by Gasteiger charge is -2.29. The van der Waals surface area contributed by atoms with Gasteiger partial charge in [0.05, 0.1) is 5.69 Å². The lowest BCUT2D eigenvalue weighted by atomic mass is 10.3. The van der Waals surface area contributed by atoms with Crippen LogP contribution in [0.3, 0.4) is 0 Å². The fourth-order valence-electron chi connectivity index (χ4n) is 2.68. The Morgan fingerprint density at radius 2 is 1.12 bits per heavy atom. The maximum atomic E-state index is 4.62. The number of para-hydroxylation sites is 3. The Morgan fingerprint density at radius 3 is 1.71 bits per heavy atom. The Hall–Kier alpha value is -2.82. The minimum absolute atomic E-state index is 0. The van der Waals surface area contributed by atoms with Gasteiger partial charge in [-0.2, -0.15) is 0 Å². The number of benzene rings is 3. The Labute approximate surface area is 147 Å². The molecule has 0 spiro atoms. The third kappa shape index (κ3) is 2.97. The molecule has 1 unspecified atom stereocenters. The second kappa shape index (κ2) is 7.17. The number of hydrogen-bond acceptors (Lipinski definition) is 3. The number of halogens is 1. The van der Waals surface area contributed by atoms with Gasteiger partial charge in [-0.15, -0.1) is 10.1 Å². The quantitative estimate of drug-likeness (QED) is 0.728. The van der Waals surface area contributed by atoms with Crippen molar-refractivity contribution in [3.63, 3.8) is 0 Å². The fraction of sp³-hybridized carbons (Fsp3) is 0. The van der Waals surface area contributed by atoms with Crippen molar-refractivity contribution >= 4 is 23.4 Å². The van der Waals surface area contributed by atoms with E-state index in [0.29, 0.717) is 0 Å². The lowest BCUT2D eigenvalue weighted by molar-refractivity contribution is -0.729. The van der Waals surface area contributed by atoms with E-state index in [-0.39, 0.29) is 12.4 Å². The van der Waals surface area contributed by atoms with E-state index in [1.807, 2.05) is 66.1 Å². The summed E-state index contributed by atoms with van der Waals surface area (Å²) in [7, 11) is 0. The first-order chi connectivity index (χ1) is 11.4. The van der Waals surface area contributed by atoms with Crippen molar-refractivity contribution in [2.75, 3.05) is 10.2 Å². The van der Waals surface area contributed by atoms with Crippen LogP contribution in [0.15, 0.2) is 96.1 Å². The van der Waals surface area contributed by atoms with Crippen molar-refractivity contribution in [2.24, 2.45) is 5.10 Å². The van der Waals surface area contributed by atoms with Crippen molar-refractivity contribution < 1.29 is 17.4 Å². The highest BCUT2D eigenvalue weighted by molar-refractivity contribution is 5.65. The van der Waals surface area contributed by atoms with Crippen LogP contribution in [0.5, 0.6) is 0 Å². The van der Waals surface area contributed by atoms with Gasteiger partial charge in [0.15, 0.2) is 5.69 Å². The first-order valence-electron chi connectivity index (χ1n) is 7.60. The van der Waals surface area contributed by atoms with Crippen LogP contribution < -0.4 is 27.7 Å². The van der Waals surface area contributed by atoms with Crippen LogP contribution in [0, 0.1) is 0 Å². The van der Waals surface area contributed by atoms with Gasteiger partial charge in [0.2, 0.25) is 6.34 Å². The van der Waals surface area contributed by atoms with E-state index in [1.165, 1.54) is 0 Å². The van der Waals surface area contributed by atoms with Crippen LogP contribution in [0.2, 0.25) is 0 Å². The lowest BCUT2D eigenvalue weighted by Crippen LogP contribution is -3.13. The first-order valence-corrected chi connectivity index (χ1v) is 7.60. The molecule has 120 valence electrons. The van der Waals surface area contributed by atoms with Gasteiger partial charge in [-0.1, -0.05) is 64.8 Å². The summed E-state index contributed by atoms with van der Waals surface area (Å²) in [4.78, 5) is 0. The molecule has 1 N–H and O–H groups in total. The molecule has 0 aromatic heterocycles. The smallest absolute Gasteiger partial charge is 0.239 e. The van der Waals surface area contributed by atoms with Crippen LogP contribution in [-0.2, 0) is 0 Å². The van der Waals surface area contributed by atoms with Crippen molar-refractivity contribution in [2.45, 2.75) is 0 Å². The van der Waals surface area contributed by atoms with E-state index in [2.05, 4.69) is 46.6 Å². The average molecular weight is 337 g/mol. The Balaban J connectivity index is 0.00000169. The monoisotopic (exact) mass is 336 g/mol. The van der Waals surface area contributed by atoms with Gasteiger partial charge in [-0.25, -0.2) is 0 Å². The number of hydrazine groups is 1. The van der Waals surface area contributed by atoms with Gasteiger partial charge in [0, 0.05) is 12.1 Å². The summed E-state index contributed by atoms with van der Waals surface area (Å²) >= 11 is 0. The molecule has 0 saturated carbocycles.